The van der Waals surface area contributed by atoms with Gasteiger partial charge in [0.1, 0.15) is 0 Å². The van der Waals surface area contributed by atoms with Crippen LogP contribution in [-0.2, 0) is 0 Å². The zero-order chi connectivity index (χ0) is 16.0. The lowest BCUT2D eigenvalue weighted by atomic mass is 9.14. The molecule has 0 aliphatic heterocycles. The smallest absolute Gasteiger partial charge is 0.0817 e. The van der Waals surface area contributed by atoms with Gasteiger partial charge in [-0.05, 0) is 0 Å². The monoisotopic (exact) mass is 297 g/mol. The molecule has 0 saturated carbocycles. The molecule has 0 fully saturated rings. The van der Waals surface area contributed by atoms with E-state index in [-0.39, 0.29) is 0 Å². The molecular formula is C22H22B-. The standard InChI is InChI=1S/C22H22B/c1-2-3-19-23(20-13-7-4-8-14-20,21-15-9-5-10-16-21)22-17-11-6-12-18-22/h2,4-18H,1,3,19H2/q-1. The van der Waals surface area contributed by atoms with Crippen LogP contribution in [0.5, 0.6) is 0 Å². The number of hydrogen-bond donors (Lipinski definition) is 0. The first-order valence-electron chi connectivity index (χ1n) is 8.32. The molecule has 0 nitrogen and oxygen atoms in total. The van der Waals surface area contributed by atoms with E-state index in [4.69, 9.17) is 0 Å². The number of benzene rings is 3. The molecule has 0 N–H and O–H groups in total. The minimum atomic E-state index is -0.985. The van der Waals surface area contributed by atoms with Crippen LogP contribution in [0.1, 0.15) is 6.42 Å². The van der Waals surface area contributed by atoms with E-state index >= 15 is 0 Å². The first kappa shape index (κ1) is 15.4. The fourth-order valence-corrected chi connectivity index (χ4v) is 3.79. The summed E-state index contributed by atoms with van der Waals surface area (Å²) in [6, 6.07) is 32.7. The molecule has 0 aliphatic rings. The predicted octanol–water partition coefficient (Wildman–Crippen LogP) is 3.73. The van der Waals surface area contributed by atoms with Gasteiger partial charge in [0, 0.05) is 0 Å². The van der Waals surface area contributed by atoms with E-state index < -0.39 is 6.15 Å². The molecular weight excluding hydrogens is 275 g/mol. The lowest BCUT2D eigenvalue weighted by Crippen LogP contribution is -2.66. The average molecular weight is 297 g/mol. The Bertz CT molecular complexity index is 636. The van der Waals surface area contributed by atoms with Gasteiger partial charge < -0.3 is 0 Å². The Morgan fingerprint density at radius 3 is 1.26 bits per heavy atom. The Labute approximate surface area is 139 Å². The summed E-state index contributed by atoms with van der Waals surface area (Å²) in [7, 11) is 0. The van der Waals surface area contributed by atoms with E-state index in [0.717, 1.165) is 12.7 Å². The minimum Gasteiger partial charge on any atom is -0.200 e. The predicted molar refractivity (Wildman–Crippen MR) is 104 cm³/mol. The fourth-order valence-electron chi connectivity index (χ4n) is 3.79. The molecule has 3 aromatic carbocycles. The van der Waals surface area contributed by atoms with Crippen molar-refractivity contribution >= 4 is 22.5 Å². The fraction of sp³-hybridized carbons (Fsp3) is 0.0909. The van der Waals surface area contributed by atoms with E-state index in [2.05, 4.69) is 97.6 Å². The normalized spacial score (nSPS) is 11.1. The molecule has 0 spiro atoms. The van der Waals surface area contributed by atoms with Gasteiger partial charge in [-0.25, -0.2) is 0 Å². The molecule has 114 valence electrons. The first-order chi connectivity index (χ1) is 11.4. The maximum atomic E-state index is 3.95. The Morgan fingerprint density at radius 1 is 0.609 bits per heavy atom. The minimum absolute atomic E-state index is 0.985. The summed E-state index contributed by atoms with van der Waals surface area (Å²) in [5, 5.41) is 0. The summed E-state index contributed by atoms with van der Waals surface area (Å²) in [4.78, 5) is 0. The number of hydrogen-bond acceptors (Lipinski definition) is 0. The summed E-state index contributed by atoms with van der Waals surface area (Å²) >= 11 is 0. The highest BCUT2D eigenvalue weighted by Crippen LogP contribution is 2.15. The van der Waals surface area contributed by atoms with Crippen molar-refractivity contribution in [1.29, 1.82) is 0 Å². The van der Waals surface area contributed by atoms with Gasteiger partial charge >= 0.3 is 0 Å². The second kappa shape index (κ2) is 7.15. The van der Waals surface area contributed by atoms with Crippen LogP contribution in [0.4, 0.5) is 0 Å². The summed E-state index contributed by atoms with van der Waals surface area (Å²) in [6.45, 7) is 3.95. The van der Waals surface area contributed by atoms with Crippen LogP contribution in [0.15, 0.2) is 104 Å². The zero-order valence-corrected chi connectivity index (χ0v) is 13.4. The van der Waals surface area contributed by atoms with Crippen LogP contribution in [0.25, 0.3) is 0 Å². The molecule has 0 aliphatic carbocycles. The Morgan fingerprint density at radius 2 is 0.957 bits per heavy atom. The SMILES string of the molecule is C=CCC[B-](c1ccccc1)(c1ccccc1)c1ccccc1. The molecule has 3 aromatic rings. The average Bonchev–Trinajstić information content (AvgIpc) is 2.65. The zero-order valence-electron chi connectivity index (χ0n) is 13.4. The Balaban J connectivity index is 2.27. The maximum Gasteiger partial charge on any atom is 0.0817 e. The van der Waals surface area contributed by atoms with E-state index in [9.17, 15) is 0 Å². The van der Waals surface area contributed by atoms with Crippen LogP contribution in [0, 0.1) is 0 Å². The van der Waals surface area contributed by atoms with E-state index in [0.29, 0.717) is 0 Å². The molecule has 3 rings (SSSR count). The highest BCUT2D eigenvalue weighted by Gasteiger charge is 2.28. The molecule has 0 unspecified atom stereocenters. The molecule has 23 heavy (non-hydrogen) atoms. The third-order valence-corrected chi connectivity index (χ3v) is 4.91. The molecule has 0 bridgehead atoms. The molecule has 0 aromatic heterocycles. The van der Waals surface area contributed by atoms with Gasteiger partial charge in [-0.2, -0.15) is 22.7 Å². The Hall–Kier alpha value is -2.54. The Kier molecular flexibility index (Phi) is 4.78. The second-order valence-electron chi connectivity index (χ2n) is 6.14. The van der Waals surface area contributed by atoms with Gasteiger partial charge in [-0.3, -0.25) is 0 Å². The lowest BCUT2D eigenvalue weighted by molar-refractivity contribution is 1.19. The molecule has 0 saturated heterocycles. The van der Waals surface area contributed by atoms with Crippen molar-refractivity contribution < 1.29 is 0 Å². The molecule has 0 amide bonds. The van der Waals surface area contributed by atoms with Crippen molar-refractivity contribution in [2.45, 2.75) is 12.7 Å². The highest BCUT2D eigenvalue weighted by molar-refractivity contribution is 7.11. The summed E-state index contributed by atoms with van der Waals surface area (Å²) in [5.74, 6) is 0. The molecule has 0 heterocycles. The number of allylic oxidation sites excluding steroid dienone is 1. The van der Waals surface area contributed by atoms with Crippen molar-refractivity contribution in [2.24, 2.45) is 0 Å². The topological polar surface area (TPSA) is 0 Å². The van der Waals surface area contributed by atoms with Crippen molar-refractivity contribution in [2.75, 3.05) is 0 Å². The second-order valence-corrected chi connectivity index (χ2v) is 6.14. The van der Waals surface area contributed by atoms with Crippen LogP contribution < -0.4 is 16.4 Å². The lowest BCUT2D eigenvalue weighted by Gasteiger charge is -2.43. The third kappa shape index (κ3) is 3.00. The highest BCUT2D eigenvalue weighted by atomic mass is 14.1. The van der Waals surface area contributed by atoms with Gasteiger partial charge in [0.05, 0.1) is 6.15 Å². The van der Waals surface area contributed by atoms with Crippen molar-refractivity contribution in [3.63, 3.8) is 0 Å². The van der Waals surface area contributed by atoms with Crippen LogP contribution in [-0.4, -0.2) is 6.15 Å². The molecule has 1 heteroatoms. The quantitative estimate of drug-likeness (QED) is 0.480. The number of rotatable bonds is 6. The van der Waals surface area contributed by atoms with Crippen LogP contribution >= 0.6 is 0 Å². The molecule has 0 atom stereocenters. The van der Waals surface area contributed by atoms with Crippen molar-refractivity contribution in [3.8, 4) is 0 Å². The largest absolute Gasteiger partial charge is 0.200 e. The van der Waals surface area contributed by atoms with Gasteiger partial charge in [0.25, 0.3) is 0 Å². The van der Waals surface area contributed by atoms with E-state index in [1.165, 1.54) is 16.4 Å². The summed E-state index contributed by atoms with van der Waals surface area (Å²) in [5.41, 5.74) is 4.19. The van der Waals surface area contributed by atoms with Crippen LogP contribution in [0.3, 0.4) is 0 Å². The van der Waals surface area contributed by atoms with Crippen LogP contribution in [0.2, 0.25) is 6.32 Å². The first-order valence-corrected chi connectivity index (χ1v) is 8.32. The van der Waals surface area contributed by atoms with Gasteiger partial charge in [0.15, 0.2) is 0 Å². The summed E-state index contributed by atoms with van der Waals surface area (Å²) < 4.78 is 0. The third-order valence-electron chi connectivity index (χ3n) is 4.91. The van der Waals surface area contributed by atoms with Gasteiger partial charge in [-0.1, -0.05) is 103 Å². The summed E-state index contributed by atoms with van der Waals surface area (Å²) in [6.07, 6.45) is 3.12. The van der Waals surface area contributed by atoms with Gasteiger partial charge in [0.2, 0.25) is 0 Å². The van der Waals surface area contributed by atoms with Crippen molar-refractivity contribution in [1.82, 2.24) is 0 Å². The van der Waals surface area contributed by atoms with E-state index in [1.54, 1.807) is 0 Å². The molecule has 0 radical (unpaired) electrons. The van der Waals surface area contributed by atoms with Gasteiger partial charge in [-0.15, -0.1) is 6.58 Å². The van der Waals surface area contributed by atoms with E-state index in [1.807, 2.05) is 6.08 Å². The van der Waals surface area contributed by atoms with Crippen molar-refractivity contribution in [3.05, 3.63) is 104 Å². The maximum absolute atomic E-state index is 3.95.